The molecule has 0 saturated carbocycles. The van der Waals surface area contributed by atoms with Gasteiger partial charge in [-0.1, -0.05) is 17.7 Å². The fourth-order valence-electron chi connectivity index (χ4n) is 1.59. The molecule has 0 bridgehead atoms. The van der Waals surface area contributed by atoms with Crippen LogP contribution in [0.2, 0.25) is 5.02 Å². The van der Waals surface area contributed by atoms with Crippen LogP contribution in [0.25, 0.3) is 0 Å². The molecule has 114 valence electrons. The standard InChI is InChI=1S/C11H9ClF3N3O2S/c1-6-16-5-9(17-6)21(19,20)18-10-7(11(13,14)15)3-2-4-8(10)12/h2-5,18H,1H3,(H,16,17). The molecule has 0 saturated heterocycles. The van der Waals surface area contributed by atoms with Gasteiger partial charge in [-0.3, -0.25) is 4.72 Å². The first-order chi connectivity index (χ1) is 9.61. The molecular formula is C11H9ClF3N3O2S. The van der Waals surface area contributed by atoms with Gasteiger partial charge in [-0.2, -0.15) is 21.6 Å². The average Bonchev–Trinajstić information content (AvgIpc) is 2.78. The number of aryl methyl sites for hydroxylation is 1. The number of para-hydroxylation sites is 1. The van der Waals surface area contributed by atoms with Crippen LogP contribution in [0.4, 0.5) is 18.9 Å². The third-order valence-corrected chi connectivity index (χ3v) is 4.10. The van der Waals surface area contributed by atoms with Crippen molar-refractivity contribution in [1.82, 2.24) is 9.97 Å². The van der Waals surface area contributed by atoms with Crippen LogP contribution in [0.3, 0.4) is 0 Å². The molecule has 1 heterocycles. The highest BCUT2D eigenvalue weighted by atomic mass is 35.5. The summed E-state index contributed by atoms with van der Waals surface area (Å²) in [4.78, 5) is 6.12. The number of nitrogens with zero attached hydrogens (tertiary/aromatic N) is 1. The molecule has 0 aliphatic carbocycles. The van der Waals surface area contributed by atoms with Crippen molar-refractivity contribution in [3.63, 3.8) is 0 Å². The lowest BCUT2D eigenvalue weighted by atomic mass is 10.2. The second-order valence-electron chi connectivity index (χ2n) is 4.10. The number of aromatic amines is 1. The molecule has 21 heavy (non-hydrogen) atoms. The zero-order valence-corrected chi connectivity index (χ0v) is 12.1. The fourth-order valence-corrected chi connectivity index (χ4v) is 2.94. The van der Waals surface area contributed by atoms with Crippen molar-refractivity contribution in [3.05, 3.63) is 40.8 Å². The molecule has 0 aliphatic heterocycles. The number of imidazole rings is 1. The van der Waals surface area contributed by atoms with Gasteiger partial charge in [-0.15, -0.1) is 0 Å². The number of nitrogens with one attached hydrogen (secondary N) is 2. The summed E-state index contributed by atoms with van der Waals surface area (Å²) >= 11 is 5.68. The summed E-state index contributed by atoms with van der Waals surface area (Å²) in [5.74, 6) is 0.311. The van der Waals surface area contributed by atoms with Crippen LogP contribution in [0.5, 0.6) is 0 Å². The van der Waals surface area contributed by atoms with Crippen molar-refractivity contribution >= 4 is 27.3 Å². The highest BCUT2D eigenvalue weighted by Crippen LogP contribution is 2.39. The van der Waals surface area contributed by atoms with E-state index < -0.39 is 27.5 Å². The summed E-state index contributed by atoms with van der Waals surface area (Å²) < 4.78 is 64.6. The van der Waals surface area contributed by atoms with Gasteiger partial charge in [-0.25, -0.2) is 4.98 Å². The van der Waals surface area contributed by atoms with E-state index in [9.17, 15) is 21.6 Å². The lowest BCUT2D eigenvalue weighted by molar-refractivity contribution is -0.136. The van der Waals surface area contributed by atoms with E-state index in [-0.39, 0.29) is 10.0 Å². The number of anilines is 1. The van der Waals surface area contributed by atoms with Crippen molar-refractivity contribution in [1.29, 1.82) is 0 Å². The van der Waals surface area contributed by atoms with Crippen LogP contribution in [0.15, 0.2) is 29.4 Å². The first-order valence-electron chi connectivity index (χ1n) is 5.51. The quantitative estimate of drug-likeness (QED) is 0.901. The van der Waals surface area contributed by atoms with E-state index in [1.807, 2.05) is 4.72 Å². The van der Waals surface area contributed by atoms with E-state index in [1.54, 1.807) is 0 Å². The van der Waals surface area contributed by atoms with Crippen LogP contribution in [-0.4, -0.2) is 18.4 Å². The lowest BCUT2D eigenvalue weighted by Gasteiger charge is -2.15. The fraction of sp³-hybridized carbons (Fsp3) is 0.182. The number of hydrogen-bond acceptors (Lipinski definition) is 3. The molecule has 1 aromatic carbocycles. The molecule has 10 heteroatoms. The Hall–Kier alpha value is -1.74. The number of aromatic nitrogens is 2. The number of benzene rings is 1. The molecule has 0 atom stereocenters. The second kappa shape index (κ2) is 5.23. The zero-order valence-electron chi connectivity index (χ0n) is 10.5. The summed E-state index contributed by atoms with van der Waals surface area (Å²) in [5.41, 5.74) is -1.89. The largest absolute Gasteiger partial charge is 0.418 e. The summed E-state index contributed by atoms with van der Waals surface area (Å²) in [6.07, 6.45) is -3.74. The molecular weight excluding hydrogens is 331 g/mol. The summed E-state index contributed by atoms with van der Waals surface area (Å²) in [5, 5.41) is -0.710. The topological polar surface area (TPSA) is 74.8 Å². The van der Waals surface area contributed by atoms with Crippen LogP contribution >= 0.6 is 11.6 Å². The van der Waals surface area contributed by atoms with E-state index in [0.29, 0.717) is 5.82 Å². The minimum absolute atomic E-state index is 0.311. The Morgan fingerprint density at radius 2 is 2.00 bits per heavy atom. The highest BCUT2D eigenvalue weighted by molar-refractivity contribution is 7.92. The van der Waals surface area contributed by atoms with Gasteiger partial charge in [0.25, 0.3) is 10.0 Å². The predicted octanol–water partition coefficient (Wildman–Crippen LogP) is 3.19. The monoisotopic (exact) mass is 339 g/mol. The predicted molar refractivity (Wildman–Crippen MR) is 70.6 cm³/mol. The number of alkyl halides is 3. The third kappa shape index (κ3) is 3.30. The minimum Gasteiger partial charge on any atom is -0.332 e. The van der Waals surface area contributed by atoms with E-state index >= 15 is 0 Å². The van der Waals surface area contributed by atoms with E-state index in [2.05, 4.69) is 9.97 Å². The summed E-state index contributed by atoms with van der Waals surface area (Å²) in [7, 11) is -4.25. The maximum Gasteiger partial charge on any atom is 0.418 e. The average molecular weight is 340 g/mol. The Balaban J connectivity index is 2.49. The molecule has 0 fully saturated rings. The molecule has 1 aromatic heterocycles. The van der Waals surface area contributed by atoms with Crippen molar-refractivity contribution in [2.24, 2.45) is 0 Å². The zero-order chi connectivity index (χ0) is 15.8. The lowest BCUT2D eigenvalue weighted by Crippen LogP contribution is -2.18. The number of halogens is 4. The molecule has 0 radical (unpaired) electrons. The third-order valence-electron chi connectivity index (χ3n) is 2.52. The molecule has 2 N–H and O–H groups in total. The van der Waals surface area contributed by atoms with Crippen molar-refractivity contribution in [2.75, 3.05) is 4.72 Å². The first-order valence-corrected chi connectivity index (χ1v) is 7.37. The highest BCUT2D eigenvalue weighted by Gasteiger charge is 2.35. The Morgan fingerprint density at radius 3 is 2.52 bits per heavy atom. The smallest absolute Gasteiger partial charge is 0.332 e. The Labute approximate surface area is 123 Å². The number of hydrogen-bond donors (Lipinski definition) is 2. The molecule has 2 aromatic rings. The van der Waals surface area contributed by atoms with E-state index in [0.717, 1.165) is 24.4 Å². The molecule has 0 unspecified atom stereocenters. The first kappa shape index (κ1) is 15.6. The second-order valence-corrected chi connectivity index (χ2v) is 6.16. The maximum atomic E-state index is 12.9. The van der Waals surface area contributed by atoms with Crippen LogP contribution in [-0.2, 0) is 16.2 Å². The van der Waals surface area contributed by atoms with Gasteiger partial charge >= 0.3 is 6.18 Å². The number of H-pyrrole nitrogens is 1. The van der Waals surface area contributed by atoms with Crippen molar-refractivity contribution in [3.8, 4) is 0 Å². The summed E-state index contributed by atoms with van der Waals surface area (Å²) in [6, 6.07) is 2.98. The SMILES string of the molecule is Cc1ncc(S(=O)(=O)Nc2c(Cl)cccc2C(F)(F)F)[nH]1. The Kier molecular flexibility index (Phi) is 3.89. The van der Waals surface area contributed by atoms with Gasteiger partial charge < -0.3 is 4.98 Å². The van der Waals surface area contributed by atoms with Crippen LogP contribution < -0.4 is 4.72 Å². The van der Waals surface area contributed by atoms with Gasteiger partial charge in [0.1, 0.15) is 5.82 Å². The molecule has 0 aliphatic rings. The Bertz CT molecular complexity index is 771. The minimum atomic E-state index is -4.74. The van der Waals surface area contributed by atoms with Gasteiger partial charge in [0.15, 0.2) is 5.03 Å². The van der Waals surface area contributed by atoms with Gasteiger partial charge in [0.2, 0.25) is 0 Å². The van der Waals surface area contributed by atoms with E-state index in [4.69, 9.17) is 11.6 Å². The Morgan fingerprint density at radius 1 is 1.33 bits per heavy atom. The maximum absolute atomic E-state index is 12.9. The normalized spacial score (nSPS) is 12.4. The van der Waals surface area contributed by atoms with Crippen molar-refractivity contribution in [2.45, 2.75) is 18.1 Å². The van der Waals surface area contributed by atoms with Crippen LogP contribution in [0, 0.1) is 6.92 Å². The van der Waals surface area contributed by atoms with Crippen LogP contribution in [0.1, 0.15) is 11.4 Å². The number of sulfonamides is 1. The molecule has 2 rings (SSSR count). The number of rotatable bonds is 3. The van der Waals surface area contributed by atoms with Gasteiger partial charge in [-0.05, 0) is 19.1 Å². The molecule has 0 spiro atoms. The van der Waals surface area contributed by atoms with Crippen molar-refractivity contribution < 1.29 is 21.6 Å². The van der Waals surface area contributed by atoms with E-state index in [1.165, 1.54) is 6.92 Å². The molecule has 5 nitrogen and oxygen atoms in total. The summed E-state index contributed by atoms with van der Waals surface area (Å²) in [6.45, 7) is 1.51. The van der Waals surface area contributed by atoms with Gasteiger partial charge in [0.05, 0.1) is 22.5 Å². The van der Waals surface area contributed by atoms with Gasteiger partial charge in [0, 0.05) is 0 Å². The molecule has 0 amide bonds.